The molecule has 118 valence electrons. The van der Waals surface area contributed by atoms with Crippen LogP contribution < -0.4 is 5.32 Å². The summed E-state index contributed by atoms with van der Waals surface area (Å²) in [6.45, 7) is 0. The molecule has 1 amide bonds. The van der Waals surface area contributed by atoms with Gasteiger partial charge in [0.2, 0.25) is 0 Å². The Kier molecular flexibility index (Phi) is 3.75. The molecule has 0 aliphatic carbocycles. The number of carboxylic acids is 1. The fourth-order valence-electron chi connectivity index (χ4n) is 2.80. The van der Waals surface area contributed by atoms with Crippen LogP contribution in [0.25, 0.3) is 0 Å². The molecule has 0 bridgehead atoms. The van der Waals surface area contributed by atoms with Crippen LogP contribution in [0.3, 0.4) is 0 Å². The molecule has 0 spiro atoms. The molecule has 0 saturated heterocycles. The maximum absolute atomic E-state index is 12.8. The smallest absolute Gasteiger partial charge is 0.336 e. The number of aromatic carboxylic acids is 1. The van der Waals surface area contributed by atoms with Crippen molar-refractivity contribution in [1.29, 1.82) is 0 Å². The number of nitrogens with one attached hydrogen (secondary N) is 1. The number of carbonyl (C=O) groups excluding carboxylic acids is 1. The van der Waals surface area contributed by atoms with Crippen molar-refractivity contribution in [2.45, 2.75) is 6.17 Å². The zero-order valence-corrected chi connectivity index (χ0v) is 12.9. The van der Waals surface area contributed by atoms with Crippen LogP contribution in [0.15, 0.2) is 48.5 Å². The molecule has 1 unspecified atom stereocenters. The lowest BCUT2D eigenvalue weighted by atomic mass is 10.0. The molecule has 0 aromatic heterocycles. The first-order chi connectivity index (χ1) is 11.0. The molecule has 6 heteroatoms. The number of amides is 1. The van der Waals surface area contributed by atoms with Crippen LogP contribution in [0, 0.1) is 0 Å². The van der Waals surface area contributed by atoms with Gasteiger partial charge in [0, 0.05) is 25.3 Å². The Morgan fingerprint density at radius 3 is 2.48 bits per heavy atom. The molecule has 23 heavy (non-hydrogen) atoms. The lowest BCUT2D eigenvalue weighted by molar-refractivity contribution is -0.00204. The molecule has 0 saturated carbocycles. The van der Waals surface area contributed by atoms with E-state index in [0.29, 0.717) is 16.8 Å². The summed E-state index contributed by atoms with van der Waals surface area (Å²) < 4.78 is 0. The number of nitrogens with zero attached hydrogens (tertiary/aromatic N) is 2. The number of fused-ring (bicyclic) bond motifs is 1. The quantitative estimate of drug-likeness (QED) is 0.911. The Morgan fingerprint density at radius 1 is 1.13 bits per heavy atom. The average Bonchev–Trinajstić information content (AvgIpc) is 2.54. The summed E-state index contributed by atoms with van der Waals surface area (Å²) in [4.78, 5) is 24.3. The lowest BCUT2D eigenvalue weighted by Crippen LogP contribution is -2.50. The number of anilines is 1. The molecule has 1 heterocycles. The fourth-order valence-corrected chi connectivity index (χ4v) is 2.80. The molecule has 6 nitrogen and oxygen atoms in total. The van der Waals surface area contributed by atoms with Gasteiger partial charge in [-0.15, -0.1) is 0 Å². The first-order valence-electron chi connectivity index (χ1n) is 7.19. The molecular formula is C17H17N3O3. The summed E-state index contributed by atoms with van der Waals surface area (Å²) in [5.41, 5.74) is 1.96. The molecule has 2 N–H and O–H groups in total. The van der Waals surface area contributed by atoms with Crippen molar-refractivity contribution in [3.05, 3.63) is 65.2 Å². The second kappa shape index (κ2) is 5.73. The number of hydrogen-bond acceptors (Lipinski definition) is 4. The monoisotopic (exact) mass is 311 g/mol. The van der Waals surface area contributed by atoms with Crippen molar-refractivity contribution < 1.29 is 14.7 Å². The molecule has 3 rings (SSSR count). The predicted molar refractivity (Wildman–Crippen MR) is 86.1 cm³/mol. The maximum Gasteiger partial charge on any atom is 0.336 e. The Labute approximate surface area is 133 Å². The van der Waals surface area contributed by atoms with E-state index in [1.54, 1.807) is 49.4 Å². The van der Waals surface area contributed by atoms with Gasteiger partial charge in [0.15, 0.2) is 0 Å². The Morgan fingerprint density at radius 2 is 1.78 bits per heavy atom. The molecule has 1 aliphatic rings. The minimum Gasteiger partial charge on any atom is -0.478 e. The number of hydrazine groups is 1. The number of hydrogen-bond donors (Lipinski definition) is 2. The summed E-state index contributed by atoms with van der Waals surface area (Å²) in [6.07, 6.45) is -0.584. The van der Waals surface area contributed by atoms with Crippen LogP contribution in [0.2, 0.25) is 0 Å². The number of para-hydroxylation sites is 1. The molecule has 2 aromatic carbocycles. The van der Waals surface area contributed by atoms with Crippen molar-refractivity contribution in [1.82, 2.24) is 10.0 Å². The maximum atomic E-state index is 12.8. The third-order valence-electron chi connectivity index (χ3n) is 3.82. The molecule has 1 aliphatic heterocycles. The lowest BCUT2D eigenvalue weighted by Gasteiger charge is -2.41. The van der Waals surface area contributed by atoms with Crippen LogP contribution in [0.1, 0.15) is 32.4 Å². The second-order valence-corrected chi connectivity index (χ2v) is 5.48. The van der Waals surface area contributed by atoms with E-state index in [1.165, 1.54) is 11.1 Å². The van der Waals surface area contributed by atoms with Crippen molar-refractivity contribution in [2.75, 3.05) is 19.4 Å². The Balaban J connectivity index is 2.15. The highest BCUT2D eigenvalue weighted by Crippen LogP contribution is 2.34. The highest BCUT2D eigenvalue weighted by molar-refractivity contribution is 6.01. The van der Waals surface area contributed by atoms with Crippen LogP contribution in [0.4, 0.5) is 5.69 Å². The number of rotatable bonds is 3. The van der Waals surface area contributed by atoms with E-state index in [0.717, 1.165) is 0 Å². The van der Waals surface area contributed by atoms with Gasteiger partial charge in [0.05, 0.1) is 11.1 Å². The zero-order valence-electron chi connectivity index (χ0n) is 12.9. The number of benzene rings is 2. The van der Waals surface area contributed by atoms with Gasteiger partial charge in [-0.3, -0.25) is 4.79 Å². The summed E-state index contributed by atoms with van der Waals surface area (Å²) in [5, 5.41) is 15.9. The van der Waals surface area contributed by atoms with Crippen LogP contribution in [0.5, 0.6) is 0 Å². The largest absolute Gasteiger partial charge is 0.478 e. The zero-order chi connectivity index (χ0) is 16.6. The van der Waals surface area contributed by atoms with Gasteiger partial charge in [-0.2, -0.15) is 0 Å². The van der Waals surface area contributed by atoms with Gasteiger partial charge in [0.1, 0.15) is 6.17 Å². The first kappa shape index (κ1) is 15.1. The van der Waals surface area contributed by atoms with E-state index in [1.807, 2.05) is 12.1 Å². The average molecular weight is 311 g/mol. The Hall–Kier alpha value is -2.86. The minimum absolute atomic E-state index is 0.170. The van der Waals surface area contributed by atoms with Crippen molar-refractivity contribution in [2.24, 2.45) is 0 Å². The van der Waals surface area contributed by atoms with Crippen LogP contribution in [-0.4, -0.2) is 41.1 Å². The normalized spacial score (nSPS) is 16.9. The highest BCUT2D eigenvalue weighted by atomic mass is 16.4. The third kappa shape index (κ3) is 2.53. The van der Waals surface area contributed by atoms with E-state index < -0.39 is 12.1 Å². The van der Waals surface area contributed by atoms with E-state index >= 15 is 0 Å². The summed E-state index contributed by atoms with van der Waals surface area (Å²) in [5.74, 6) is -1.19. The summed E-state index contributed by atoms with van der Waals surface area (Å²) >= 11 is 0. The molecule has 0 radical (unpaired) electrons. The summed E-state index contributed by atoms with van der Waals surface area (Å²) in [6, 6.07) is 13.9. The van der Waals surface area contributed by atoms with Crippen molar-refractivity contribution >= 4 is 17.6 Å². The van der Waals surface area contributed by atoms with Gasteiger partial charge in [-0.1, -0.05) is 30.3 Å². The van der Waals surface area contributed by atoms with Gasteiger partial charge < -0.3 is 10.4 Å². The second-order valence-electron chi connectivity index (χ2n) is 5.48. The van der Waals surface area contributed by atoms with E-state index in [9.17, 15) is 14.7 Å². The van der Waals surface area contributed by atoms with E-state index in [4.69, 9.17) is 0 Å². The fraction of sp³-hybridized carbons (Fsp3) is 0.176. The first-order valence-corrected chi connectivity index (χ1v) is 7.19. The van der Waals surface area contributed by atoms with Gasteiger partial charge in [0.25, 0.3) is 5.91 Å². The molecule has 0 fully saturated rings. The van der Waals surface area contributed by atoms with Gasteiger partial charge in [-0.25, -0.2) is 14.8 Å². The van der Waals surface area contributed by atoms with Crippen LogP contribution >= 0.6 is 0 Å². The van der Waals surface area contributed by atoms with Gasteiger partial charge in [-0.05, 0) is 18.2 Å². The van der Waals surface area contributed by atoms with Crippen LogP contribution in [-0.2, 0) is 0 Å². The van der Waals surface area contributed by atoms with Crippen molar-refractivity contribution in [3.63, 3.8) is 0 Å². The number of carboxylic acid groups (broad SMARTS) is 1. The number of carbonyl (C=O) groups is 2. The van der Waals surface area contributed by atoms with Gasteiger partial charge >= 0.3 is 5.97 Å². The molecule has 2 aromatic rings. The molecule has 1 atom stereocenters. The Bertz CT molecular complexity index is 773. The third-order valence-corrected chi connectivity index (χ3v) is 3.82. The van der Waals surface area contributed by atoms with E-state index in [2.05, 4.69) is 5.32 Å². The van der Waals surface area contributed by atoms with Crippen molar-refractivity contribution in [3.8, 4) is 0 Å². The standard InChI is InChI=1S/C17H17N3O3/c1-19(2)20-15(11-7-3-4-8-12(11)17(22)23)18-14-10-6-5-9-13(14)16(20)21/h3-10,15,18H,1-2H3,(H,22,23). The summed E-state index contributed by atoms with van der Waals surface area (Å²) in [7, 11) is 3.51. The predicted octanol–water partition coefficient (Wildman–Crippen LogP) is 2.43. The highest BCUT2D eigenvalue weighted by Gasteiger charge is 2.36. The molecular weight excluding hydrogens is 294 g/mol. The van der Waals surface area contributed by atoms with E-state index in [-0.39, 0.29) is 11.5 Å². The topological polar surface area (TPSA) is 72.9 Å². The minimum atomic E-state index is -1.02. The SMILES string of the molecule is CN(C)N1C(=O)c2ccccc2NC1c1ccccc1C(=O)O.